The highest BCUT2D eigenvalue weighted by Crippen LogP contribution is 2.31. The zero-order valence-corrected chi connectivity index (χ0v) is 10.6. The first-order valence-electron chi connectivity index (χ1n) is 5.96. The van der Waals surface area contributed by atoms with Crippen molar-refractivity contribution in [2.75, 3.05) is 5.73 Å². The Morgan fingerprint density at radius 1 is 1.10 bits per heavy atom. The van der Waals surface area contributed by atoms with Gasteiger partial charge in [0.1, 0.15) is 5.82 Å². The van der Waals surface area contributed by atoms with Crippen LogP contribution in [0, 0.1) is 5.82 Å². The summed E-state index contributed by atoms with van der Waals surface area (Å²) in [5.74, 6) is -0.881. The van der Waals surface area contributed by atoms with Gasteiger partial charge in [-0.3, -0.25) is 0 Å². The Bertz CT molecular complexity index is 817. The summed E-state index contributed by atoms with van der Waals surface area (Å²) in [6.45, 7) is 0. The fraction of sp³-hybridized carbons (Fsp3) is 0. The number of benzene rings is 2. The minimum atomic E-state index is -0.575. The molecule has 21 heavy (non-hydrogen) atoms. The van der Waals surface area contributed by atoms with E-state index in [1.807, 2.05) is 0 Å². The predicted octanol–water partition coefficient (Wildman–Crippen LogP) is 2.54. The maximum absolute atomic E-state index is 13.4. The van der Waals surface area contributed by atoms with Gasteiger partial charge >= 0.3 is 0 Å². The molecule has 0 saturated heterocycles. The van der Waals surface area contributed by atoms with Crippen molar-refractivity contribution in [2.45, 2.75) is 0 Å². The largest absolute Gasteiger partial charge is 0.504 e. The predicted molar refractivity (Wildman–Crippen MR) is 72.9 cm³/mol. The van der Waals surface area contributed by atoms with Crippen LogP contribution in [0.2, 0.25) is 0 Å². The van der Waals surface area contributed by atoms with E-state index in [4.69, 9.17) is 10.3 Å². The van der Waals surface area contributed by atoms with E-state index in [-0.39, 0.29) is 34.5 Å². The maximum Gasteiger partial charge on any atom is 0.260 e. The zero-order valence-electron chi connectivity index (χ0n) is 10.6. The zero-order chi connectivity index (χ0) is 15.0. The maximum atomic E-state index is 13.4. The number of nitrogen functional groups attached to an aromatic ring is 1. The molecule has 0 bridgehead atoms. The van der Waals surface area contributed by atoms with Crippen molar-refractivity contribution in [3.8, 4) is 34.3 Å². The van der Waals surface area contributed by atoms with Crippen LogP contribution in [0.5, 0.6) is 11.5 Å². The van der Waals surface area contributed by atoms with E-state index >= 15 is 0 Å². The number of aromatic hydroxyl groups is 2. The molecule has 0 aliphatic heterocycles. The van der Waals surface area contributed by atoms with E-state index in [1.54, 1.807) is 6.07 Å². The standard InChI is InChI=1S/C14H10FN3O3/c15-9-3-1-2-8(12(9)16)14-17-13(18-21-14)7-4-5-10(19)11(20)6-7/h1-6,19-20H,16H2. The second-order valence-corrected chi connectivity index (χ2v) is 4.33. The highest BCUT2D eigenvalue weighted by Gasteiger charge is 2.15. The van der Waals surface area contributed by atoms with Gasteiger partial charge in [0.05, 0.1) is 11.3 Å². The average Bonchev–Trinajstić information content (AvgIpc) is 2.94. The summed E-state index contributed by atoms with van der Waals surface area (Å²) in [5.41, 5.74) is 6.28. The number of para-hydroxylation sites is 1. The molecule has 106 valence electrons. The van der Waals surface area contributed by atoms with Crippen LogP contribution in [0.4, 0.5) is 10.1 Å². The molecule has 2 aromatic carbocycles. The van der Waals surface area contributed by atoms with Gasteiger partial charge in [0, 0.05) is 5.56 Å². The van der Waals surface area contributed by atoms with Crippen molar-refractivity contribution in [1.82, 2.24) is 10.1 Å². The summed E-state index contributed by atoms with van der Waals surface area (Å²) in [6.07, 6.45) is 0. The fourth-order valence-corrected chi connectivity index (χ4v) is 1.84. The molecule has 6 nitrogen and oxygen atoms in total. The van der Waals surface area contributed by atoms with Crippen LogP contribution in [0.25, 0.3) is 22.8 Å². The van der Waals surface area contributed by atoms with E-state index in [9.17, 15) is 14.6 Å². The second-order valence-electron chi connectivity index (χ2n) is 4.33. The minimum Gasteiger partial charge on any atom is -0.504 e. The van der Waals surface area contributed by atoms with Crippen molar-refractivity contribution in [1.29, 1.82) is 0 Å². The number of hydrogen-bond donors (Lipinski definition) is 3. The molecule has 0 spiro atoms. The molecule has 1 aromatic heterocycles. The first-order valence-corrected chi connectivity index (χ1v) is 5.96. The topological polar surface area (TPSA) is 105 Å². The number of rotatable bonds is 2. The van der Waals surface area contributed by atoms with Crippen LogP contribution in [-0.2, 0) is 0 Å². The Morgan fingerprint density at radius 2 is 1.90 bits per heavy atom. The molecule has 0 aliphatic rings. The van der Waals surface area contributed by atoms with Crippen molar-refractivity contribution >= 4 is 5.69 Å². The van der Waals surface area contributed by atoms with Crippen LogP contribution < -0.4 is 5.73 Å². The first-order chi connectivity index (χ1) is 10.1. The van der Waals surface area contributed by atoms with E-state index in [0.29, 0.717) is 5.56 Å². The number of hydrogen-bond acceptors (Lipinski definition) is 6. The molecule has 0 saturated carbocycles. The summed E-state index contributed by atoms with van der Waals surface area (Å²) in [5, 5.41) is 22.5. The van der Waals surface area contributed by atoms with Gasteiger partial charge < -0.3 is 20.5 Å². The molecule has 0 unspecified atom stereocenters. The molecule has 3 aromatic rings. The third-order valence-electron chi connectivity index (χ3n) is 2.94. The SMILES string of the molecule is Nc1c(F)cccc1-c1nc(-c2ccc(O)c(O)c2)no1. The Morgan fingerprint density at radius 3 is 2.67 bits per heavy atom. The Labute approximate surface area is 118 Å². The van der Waals surface area contributed by atoms with E-state index in [2.05, 4.69) is 10.1 Å². The lowest BCUT2D eigenvalue weighted by Crippen LogP contribution is -1.94. The lowest BCUT2D eigenvalue weighted by Gasteiger charge is -2.00. The lowest BCUT2D eigenvalue weighted by atomic mass is 10.1. The Balaban J connectivity index is 2.03. The molecule has 0 atom stereocenters. The van der Waals surface area contributed by atoms with Crippen LogP contribution in [-0.4, -0.2) is 20.4 Å². The molecule has 0 fully saturated rings. The number of aromatic nitrogens is 2. The lowest BCUT2D eigenvalue weighted by molar-refractivity contribution is 0.404. The number of anilines is 1. The van der Waals surface area contributed by atoms with Crippen LogP contribution in [0.15, 0.2) is 40.9 Å². The van der Waals surface area contributed by atoms with Gasteiger partial charge in [0.2, 0.25) is 5.82 Å². The molecule has 3 rings (SSSR count). The van der Waals surface area contributed by atoms with Gasteiger partial charge in [-0.15, -0.1) is 0 Å². The Kier molecular flexibility index (Phi) is 2.94. The molecule has 0 aliphatic carbocycles. The van der Waals surface area contributed by atoms with Gasteiger partial charge in [0.25, 0.3) is 5.89 Å². The smallest absolute Gasteiger partial charge is 0.260 e. The number of nitrogens with zero attached hydrogens (tertiary/aromatic N) is 2. The van der Waals surface area contributed by atoms with Gasteiger partial charge in [-0.25, -0.2) is 4.39 Å². The van der Waals surface area contributed by atoms with E-state index in [0.717, 1.165) is 0 Å². The number of phenolic OH excluding ortho intramolecular Hbond substituents is 2. The van der Waals surface area contributed by atoms with Gasteiger partial charge in [-0.1, -0.05) is 11.2 Å². The highest BCUT2D eigenvalue weighted by molar-refractivity contribution is 5.72. The monoisotopic (exact) mass is 287 g/mol. The third kappa shape index (κ3) is 2.25. The average molecular weight is 287 g/mol. The van der Waals surface area contributed by atoms with Gasteiger partial charge in [0.15, 0.2) is 11.5 Å². The van der Waals surface area contributed by atoms with E-state index in [1.165, 1.54) is 30.3 Å². The van der Waals surface area contributed by atoms with Crippen LogP contribution in [0.3, 0.4) is 0 Å². The third-order valence-corrected chi connectivity index (χ3v) is 2.94. The summed E-state index contributed by atoms with van der Waals surface area (Å²) >= 11 is 0. The summed E-state index contributed by atoms with van der Waals surface area (Å²) in [6, 6.07) is 8.38. The normalized spacial score (nSPS) is 10.7. The number of halogens is 1. The Hall–Kier alpha value is -3.09. The van der Waals surface area contributed by atoms with Gasteiger partial charge in [-0.05, 0) is 30.3 Å². The van der Waals surface area contributed by atoms with Gasteiger partial charge in [-0.2, -0.15) is 4.98 Å². The molecule has 1 heterocycles. The van der Waals surface area contributed by atoms with Crippen molar-refractivity contribution < 1.29 is 19.1 Å². The molecular weight excluding hydrogens is 277 g/mol. The van der Waals surface area contributed by atoms with Crippen molar-refractivity contribution in [3.05, 3.63) is 42.2 Å². The highest BCUT2D eigenvalue weighted by atomic mass is 19.1. The summed E-state index contributed by atoms with van der Waals surface area (Å²) < 4.78 is 18.5. The molecule has 0 radical (unpaired) electrons. The quantitative estimate of drug-likeness (QED) is 0.494. The number of phenols is 2. The van der Waals surface area contributed by atoms with E-state index < -0.39 is 5.82 Å². The molecule has 7 heteroatoms. The first kappa shape index (κ1) is 12.9. The fourth-order valence-electron chi connectivity index (χ4n) is 1.84. The van der Waals surface area contributed by atoms with Crippen LogP contribution >= 0.6 is 0 Å². The summed E-state index contributed by atoms with van der Waals surface area (Å²) in [7, 11) is 0. The molecule has 4 N–H and O–H groups in total. The second kappa shape index (κ2) is 4.78. The summed E-state index contributed by atoms with van der Waals surface area (Å²) in [4.78, 5) is 4.11. The van der Waals surface area contributed by atoms with Crippen LogP contribution in [0.1, 0.15) is 0 Å². The van der Waals surface area contributed by atoms with Crippen molar-refractivity contribution in [3.63, 3.8) is 0 Å². The molecular formula is C14H10FN3O3. The van der Waals surface area contributed by atoms with Crippen molar-refractivity contribution in [2.24, 2.45) is 0 Å². The minimum absolute atomic E-state index is 0.0644. The molecule has 0 amide bonds. The number of nitrogens with two attached hydrogens (primary N) is 1.